The van der Waals surface area contributed by atoms with E-state index in [0.717, 1.165) is 32.1 Å². The number of hydrogen-bond donors (Lipinski definition) is 0. The highest BCUT2D eigenvalue weighted by Crippen LogP contribution is 2.29. The second-order valence-electron chi connectivity index (χ2n) is 6.74. The molecule has 1 amide bonds. The topological polar surface area (TPSA) is 50.6 Å². The normalized spacial score (nSPS) is 24.0. The standard InChI is InChI=1S/C17H28N4O2/c1-4-20-9-10-21(11-15(20)16-18-7-8-19(16)3)17(22)13(2)23-12-14-5-6-14/h7-8,13-15H,4-6,9-12H2,1-3H3/t13-,15-/m0/s1. The second-order valence-corrected chi connectivity index (χ2v) is 6.74. The Labute approximate surface area is 138 Å². The fourth-order valence-corrected chi connectivity index (χ4v) is 3.24. The molecule has 0 aromatic carbocycles. The van der Waals surface area contributed by atoms with Crippen LogP contribution in [0, 0.1) is 5.92 Å². The summed E-state index contributed by atoms with van der Waals surface area (Å²) in [6.45, 7) is 8.08. The molecule has 2 aliphatic rings. The molecule has 3 rings (SSSR count). The Balaban J connectivity index is 1.64. The molecule has 128 valence electrons. The van der Waals surface area contributed by atoms with E-state index < -0.39 is 0 Å². The molecule has 2 fully saturated rings. The first-order chi connectivity index (χ1) is 11.1. The first-order valence-corrected chi connectivity index (χ1v) is 8.71. The van der Waals surface area contributed by atoms with Crippen LogP contribution in [0.4, 0.5) is 0 Å². The number of carbonyl (C=O) groups is 1. The average molecular weight is 320 g/mol. The van der Waals surface area contributed by atoms with Gasteiger partial charge in [0.1, 0.15) is 11.9 Å². The molecular weight excluding hydrogens is 292 g/mol. The van der Waals surface area contributed by atoms with Gasteiger partial charge in [-0.15, -0.1) is 0 Å². The van der Waals surface area contributed by atoms with Crippen LogP contribution in [-0.2, 0) is 16.6 Å². The van der Waals surface area contributed by atoms with E-state index in [1.54, 1.807) is 0 Å². The SMILES string of the molecule is CCN1CCN(C(=O)[C@H](C)OCC2CC2)C[C@H]1c1nccn1C. The number of nitrogens with zero attached hydrogens (tertiary/aromatic N) is 4. The molecular formula is C17H28N4O2. The van der Waals surface area contributed by atoms with Gasteiger partial charge in [0.2, 0.25) is 0 Å². The van der Waals surface area contributed by atoms with E-state index in [-0.39, 0.29) is 18.1 Å². The summed E-state index contributed by atoms with van der Waals surface area (Å²) in [5, 5.41) is 0. The molecule has 6 heteroatoms. The molecule has 6 nitrogen and oxygen atoms in total. The Kier molecular flexibility index (Phi) is 5.02. The lowest BCUT2D eigenvalue weighted by Crippen LogP contribution is -2.53. The van der Waals surface area contributed by atoms with Crippen LogP contribution in [-0.4, -0.2) is 64.1 Å². The number of imidazole rings is 1. The van der Waals surface area contributed by atoms with Gasteiger partial charge in [-0.3, -0.25) is 9.69 Å². The molecule has 2 atom stereocenters. The van der Waals surface area contributed by atoms with Gasteiger partial charge in [-0.05, 0) is 32.2 Å². The minimum atomic E-state index is -0.342. The summed E-state index contributed by atoms with van der Waals surface area (Å²) in [4.78, 5) is 21.5. The highest BCUT2D eigenvalue weighted by atomic mass is 16.5. The smallest absolute Gasteiger partial charge is 0.251 e. The van der Waals surface area contributed by atoms with E-state index in [4.69, 9.17) is 4.74 Å². The third kappa shape index (κ3) is 3.75. The Morgan fingerprint density at radius 2 is 2.22 bits per heavy atom. The van der Waals surface area contributed by atoms with Gasteiger partial charge in [0, 0.05) is 39.1 Å². The molecule has 0 radical (unpaired) electrons. The maximum Gasteiger partial charge on any atom is 0.251 e. The number of amides is 1. The second kappa shape index (κ2) is 7.01. The highest BCUT2D eigenvalue weighted by Gasteiger charge is 2.34. The van der Waals surface area contributed by atoms with Crippen LogP contribution in [0.25, 0.3) is 0 Å². The van der Waals surface area contributed by atoms with Gasteiger partial charge in [0.15, 0.2) is 0 Å². The zero-order valence-electron chi connectivity index (χ0n) is 14.4. The van der Waals surface area contributed by atoms with Gasteiger partial charge < -0.3 is 14.2 Å². The lowest BCUT2D eigenvalue weighted by Gasteiger charge is -2.41. The van der Waals surface area contributed by atoms with Crippen LogP contribution >= 0.6 is 0 Å². The van der Waals surface area contributed by atoms with Crippen molar-refractivity contribution in [2.24, 2.45) is 13.0 Å². The van der Waals surface area contributed by atoms with Crippen molar-refractivity contribution in [1.29, 1.82) is 0 Å². The largest absolute Gasteiger partial charge is 0.368 e. The molecule has 2 heterocycles. The maximum absolute atomic E-state index is 12.7. The number of carbonyl (C=O) groups excluding carboxylic acids is 1. The number of piperazine rings is 1. The maximum atomic E-state index is 12.7. The Morgan fingerprint density at radius 1 is 1.43 bits per heavy atom. The first-order valence-electron chi connectivity index (χ1n) is 8.71. The molecule has 1 aromatic rings. The van der Waals surface area contributed by atoms with E-state index in [0.29, 0.717) is 12.5 Å². The number of ether oxygens (including phenoxy) is 1. The molecule has 0 unspecified atom stereocenters. The monoisotopic (exact) mass is 320 g/mol. The van der Waals surface area contributed by atoms with Crippen molar-refractivity contribution < 1.29 is 9.53 Å². The van der Waals surface area contributed by atoms with Crippen LogP contribution in [0.15, 0.2) is 12.4 Å². The minimum absolute atomic E-state index is 0.112. The molecule has 1 saturated heterocycles. The summed E-state index contributed by atoms with van der Waals surface area (Å²) < 4.78 is 7.81. The van der Waals surface area contributed by atoms with E-state index >= 15 is 0 Å². The lowest BCUT2D eigenvalue weighted by molar-refractivity contribution is -0.146. The molecule has 1 saturated carbocycles. The zero-order valence-corrected chi connectivity index (χ0v) is 14.4. The van der Waals surface area contributed by atoms with Gasteiger partial charge in [-0.2, -0.15) is 0 Å². The van der Waals surface area contributed by atoms with Gasteiger partial charge in [0.25, 0.3) is 5.91 Å². The van der Waals surface area contributed by atoms with E-state index in [2.05, 4.69) is 16.8 Å². The van der Waals surface area contributed by atoms with Crippen molar-refractivity contribution in [2.45, 2.75) is 38.8 Å². The van der Waals surface area contributed by atoms with Gasteiger partial charge in [-0.1, -0.05) is 6.92 Å². The van der Waals surface area contributed by atoms with Crippen molar-refractivity contribution in [2.75, 3.05) is 32.8 Å². The minimum Gasteiger partial charge on any atom is -0.368 e. The highest BCUT2D eigenvalue weighted by molar-refractivity contribution is 5.80. The molecule has 23 heavy (non-hydrogen) atoms. The summed E-state index contributed by atoms with van der Waals surface area (Å²) in [7, 11) is 2.01. The first kappa shape index (κ1) is 16.5. The number of likely N-dealkylation sites (N-methyl/N-ethyl adjacent to an activating group) is 1. The van der Waals surface area contributed by atoms with Crippen LogP contribution in [0.2, 0.25) is 0 Å². The van der Waals surface area contributed by atoms with Crippen molar-refractivity contribution >= 4 is 5.91 Å². The van der Waals surface area contributed by atoms with Crippen molar-refractivity contribution in [3.05, 3.63) is 18.2 Å². The van der Waals surface area contributed by atoms with E-state index in [9.17, 15) is 4.79 Å². The van der Waals surface area contributed by atoms with Crippen LogP contribution in [0.3, 0.4) is 0 Å². The molecule has 0 spiro atoms. The average Bonchev–Trinajstić information content (AvgIpc) is 3.31. The summed E-state index contributed by atoms with van der Waals surface area (Å²) in [5.74, 6) is 1.82. The van der Waals surface area contributed by atoms with Crippen LogP contribution < -0.4 is 0 Å². The van der Waals surface area contributed by atoms with Gasteiger partial charge in [0.05, 0.1) is 12.6 Å². The molecule has 1 aliphatic carbocycles. The lowest BCUT2D eigenvalue weighted by atomic mass is 10.1. The molecule has 1 aromatic heterocycles. The Bertz CT molecular complexity index is 540. The quantitative estimate of drug-likeness (QED) is 0.796. The molecule has 0 N–H and O–H groups in total. The molecule has 0 bridgehead atoms. The van der Waals surface area contributed by atoms with Crippen molar-refractivity contribution in [3.8, 4) is 0 Å². The zero-order chi connectivity index (χ0) is 16.4. The molecule has 1 aliphatic heterocycles. The number of aryl methyl sites for hydroxylation is 1. The summed E-state index contributed by atoms with van der Waals surface area (Å²) in [5.41, 5.74) is 0. The van der Waals surface area contributed by atoms with Gasteiger partial charge >= 0.3 is 0 Å². The number of hydrogen-bond acceptors (Lipinski definition) is 4. The van der Waals surface area contributed by atoms with Crippen LogP contribution in [0.1, 0.15) is 38.6 Å². The van der Waals surface area contributed by atoms with Crippen LogP contribution in [0.5, 0.6) is 0 Å². The predicted octanol–water partition coefficient (Wildman–Crippen LogP) is 1.44. The third-order valence-corrected chi connectivity index (χ3v) is 4.99. The summed E-state index contributed by atoms with van der Waals surface area (Å²) >= 11 is 0. The summed E-state index contributed by atoms with van der Waals surface area (Å²) in [6.07, 6.45) is 5.94. The van der Waals surface area contributed by atoms with Gasteiger partial charge in [-0.25, -0.2) is 4.98 Å². The summed E-state index contributed by atoms with van der Waals surface area (Å²) in [6, 6.07) is 0.160. The fraction of sp³-hybridized carbons (Fsp3) is 0.765. The Hall–Kier alpha value is -1.40. The number of aromatic nitrogens is 2. The number of rotatable bonds is 6. The van der Waals surface area contributed by atoms with Crippen molar-refractivity contribution in [3.63, 3.8) is 0 Å². The third-order valence-electron chi connectivity index (χ3n) is 4.99. The van der Waals surface area contributed by atoms with E-state index in [1.807, 2.05) is 35.8 Å². The van der Waals surface area contributed by atoms with E-state index in [1.165, 1.54) is 12.8 Å². The Morgan fingerprint density at radius 3 is 2.83 bits per heavy atom. The predicted molar refractivity (Wildman–Crippen MR) is 87.9 cm³/mol. The fourth-order valence-electron chi connectivity index (χ4n) is 3.24. The van der Waals surface area contributed by atoms with Crippen molar-refractivity contribution in [1.82, 2.24) is 19.4 Å².